The maximum atomic E-state index is 5.79. The van der Waals surface area contributed by atoms with E-state index in [0.717, 1.165) is 24.9 Å². The van der Waals surface area contributed by atoms with Crippen LogP contribution >= 0.6 is 0 Å². The van der Waals surface area contributed by atoms with Gasteiger partial charge in [-0.1, -0.05) is 20.8 Å². The lowest BCUT2D eigenvalue weighted by Crippen LogP contribution is -2.29. The molecule has 3 atom stereocenters. The minimum atomic E-state index is 0.557. The molecule has 1 aliphatic carbocycles. The molecule has 1 heteroatoms. The Morgan fingerprint density at radius 3 is 2.58 bits per heavy atom. The van der Waals surface area contributed by atoms with Crippen molar-refractivity contribution >= 4 is 0 Å². The second kappa shape index (κ2) is 4.86. The molecule has 0 bridgehead atoms. The van der Waals surface area contributed by atoms with E-state index in [2.05, 4.69) is 20.8 Å². The summed E-state index contributed by atoms with van der Waals surface area (Å²) in [4.78, 5) is 0. The van der Waals surface area contributed by atoms with Gasteiger partial charge in [-0.2, -0.15) is 0 Å². The van der Waals surface area contributed by atoms with Gasteiger partial charge in [0.2, 0.25) is 0 Å². The normalized spacial score (nSPS) is 36.8. The molecule has 1 fully saturated rings. The van der Waals surface area contributed by atoms with Crippen molar-refractivity contribution in [1.82, 2.24) is 0 Å². The van der Waals surface area contributed by atoms with Gasteiger partial charge in [0.05, 0.1) is 6.10 Å². The van der Waals surface area contributed by atoms with Crippen molar-refractivity contribution in [1.29, 1.82) is 0 Å². The third-order valence-corrected chi connectivity index (χ3v) is 2.89. The first-order valence-electron chi connectivity index (χ1n) is 5.35. The Hall–Kier alpha value is -0.0400. The van der Waals surface area contributed by atoms with Crippen molar-refractivity contribution in [3.8, 4) is 0 Å². The zero-order valence-electron chi connectivity index (χ0n) is 8.68. The lowest BCUT2D eigenvalue weighted by molar-refractivity contribution is -0.0146. The Balaban J connectivity index is 2.25. The van der Waals surface area contributed by atoms with Gasteiger partial charge in [0.25, 0.3) is 0 Å². The molecule has 0 amide bonds. The zero-order valence-corrected chi connectivity index (χ0v) is 8.68. The molecule has 0 N–H and O–H groups in total. The highest BCUT2D eigenvalue weighted by atomic mass is 16.5. The molecule has 72 valence electrons. The summed E-state index contributed by atoms with van der Waals surface area (Å²) in [6, 6.07) is 0. The van der Waals surface area contributed by atoms with E-state index in [9.17, 15) is 0 Å². The molecule has 1 saturated carbocycles. The fourth-order valence-corrected chi connectivity index (χ4v) is 2.15. The molecule has 0 heterocycles. The highest BCUT2D eigenvalue weighted by Gasteiger charge is 2.25. The topological polar surface area (TPSA) is 9.23 Å². The summed E-state index contributed by atoms with van der Waals surface area (Å²) in [5.41, 5.74) is 0. The van der Waals surface area contributed by atoms with Gasteiger partial charge >= 0.3 is 0 Å². The second-order valence-corrected chi connectivity index (χ2v) is 4.30. The maximum absolute atomic E-state index is 5.79. The van der Waals surface area contributed by atoms with Gasteiger partial charge in [0.1, 0.15) is 0 Å². The highest BCUT2D eigenvalue weighted by molar-refractivity contribution is 4.76. The van der Waals surface area contributed by atoms with Gasteiger partial charge in [-0.25, -0.2) is 0 Å². The summed E-state index contributed by atoms with van der Waals surface area (Å²) in [6.45, 7) is 7.81. The number of hydrogen-bond donors (Lipinski definition) is 0. The summed E-state index contributed by atoms with van der Waals surface area (Å²) >= 11 is 0. The molecule has 2 unspecified atom stereocenters. The number of rotatable bonds is 3. The predicted molar refractivity (Wildman–Crippen MR) is 52.2 cm³/mol. The third-order valence-electron chi connectivity index (χ3n) is 2.89. The lowest BCUT2D eigenvalue weighted by Gasteiger charge is -2.32. The lowest BCUT2D eigenvalue weighted by atomic mass is 9.81. The van der Waals surface area contributed by atoms with E-state index in [0.29, 0.717) is 6.10 Å². The highest BCUT2D eigenvalue weighted by Crippen LogP contribution is 2.30. The van der Waals surface area contributed by atoms with Crippen molar-refractivity contribution < 1.29 is 4.74 Å². The van der Waals surface area contributed by atoms with Crippen molar-refractivity contribution in [2.24, 2.45) is 11.8 Å². The second-order valence-electron chi connectivity index (χ2n) is 4.30. The Bertz CT molecular complexity index is 120. The van der Waals surface area contributed by atoms with E-state index in [4.69, 9.17) is 4.74 Å². The van der Waals surface area contributed by atoms with E-state index in [1.165, 1.54) is 19.3 Å². The summed E-state index contributed by atoms with van der Waals surface area (Å²) < 4.78 is 5.79. The van der Waals surface area contributed by atoms with Crippen LogP contribution in [0.5, 0.6) is 0 Å². The molecule has 0 saturated heterocycles. The van der Waals surface area contributed by atoms with Crippen molar-refractivity contribution in [2.75, 3.05) is 6.61 Å². The largest absolute Gasteiger partial charge is 0.378 e. The van der Waals surface area contributed by atoms with Crippen LogP contribution in [0, 0.1) is 11.8 Å². The van der Waals surface area contributed by atoms with E-state index in [-0.39, 0.29) is 0 Å². The standard InChI is InChI=1S/C11H22O/c1-4-7-12-11-6-5-9(2)8-10(11)3/h9-11H,4-8H2,1-3H3/t9?,10?,11-/m0/s1. The summed E-state index contributed by atoms with van der Waals surface area (Å²) in [5, 5.41) is 0. The fourth-order valence-electron chi connectivity index (χ4n) is 2.15. The fraction of sp³-hybridized carbons (Fsp3) is 1.00. The van der Waals surface area contributed by atoms with Gasteiger partial charge in [0.15, 0.2) is 0 Å². The summed E-state index contributed by atoms with van der Waals surface area (Å²) in [5.74, 6) is 1.70. The number of ether oxygens (including phenoxy) is 1. The van der Waals surface area contributed by atoms with Gasteiger partial charge in [-0.3, -0.25) is 0 Å². The molecule has 0 aromatic rings. The van der Waals surface area contributed by atoms with Crippen LogP contribution in [0.2, 0.25) is 0 Å². The predicted octanol–water partition coefficient (Wildman–Crippen LogP) is 3.24. The van der Waals surface area contributed by atoms with E-state index in [1.54, 1.807) is 0 Å². The van der Waals surface area contributed by atoms with E-state index in [1.807, 2.05) is 0 Å². The van der Waals surface area contributed by atoms with Crippen LogP contribution in [0.15, 0.2) is 0 Å². The minimum Gasteiger partial charge on any atom is -0.378 e. The van der Waals surface area contributed by atoms with E-state index >= 15 is 0 Å². The average molecular weight is 170 g/mol. The van der Waals surface area contributed by atoms with Crippen LogP contribution < -0.4 is 0 Å². The van der Waals surface area contributed by atoms with Gasteiger partial charge in [-0.15, -0.1) is 0 Å². The molecule has 12 heavy (non-hydrogen) atoms. The summed E-state index contributed by atoms with van der Waals surface area (Å²) in [7, 11) is 0. The van der Waals surface area contributed by atoms with Gasteiger partial charge in [-0.05, 0) is 37.5 Å². The first-order chi connectivity index (χ1) is 5.74. The third kappa shape index (κ3) is 2.78. The zero-order chi connectivity index (χ0) is 8.97. The van der Waals surface area contributed by atoms with Crippen molar-refractivity contribution in [3.05, 3.63) is 0 Å². The quantitative estimate of drug-likeness (QED) is 0.632. The van der Waals surface area contributed by atoms with Gasteiger partial charge < -0.3 is 4.74 Å². The van der Waals surface area contributed by atoms with Crippen LogP contribution in [0.3, 0.4) is 0 Å². The van der Waals surface area contributed by atoms with Crippen LogP contribution in [0.25, 0.3) is 0 Å². The van der Waals surface area contributed by atoms with Crippen LogP contribution in [-0.2, 0) is 4.74 Å². The Morgan fingerprint density at radius 2 is 2.00 bits per heavy atom. The molecule has 0 spiro atoms. The SMILES string of the molecule is CCCO[C@H]1CCC(C)CC1C. The molecule has 1 nitrogen and oxygen atoms in total. The Morgan fingerprint density at radius 1 is 1.25 bits per heavy atom. The number of hydrogen-bond acceptors (Lipinski definition) is 1. The molecule has 1 rings (SSSR count). The van der Waals surface area contributed by atoms with Gasteiger partial charge in [0, 0.05) is 6.61 Å². The monoisotopic (exact) mass is 170 g/mol. The Labute approximate surface area is 76.5 Å². The molecular formula is C11H22O. The van der Waals surface area contributed by atoms with Crippen LogP contribution in [-0.4, -0.2) is 12.7 Å². The summed E-state index contributed by atoms with van der Waals surface area (Å²) in [6.07, 6.45) is 5.70. The molecular weight excluding hydrogens is 148 g/mol. The molecule has 1 aliphatic rings. The molecule has 0 aromatic heterocycles. The molecule has 0 aliphatic heterocycles. The van der Waals surface area contributed by atoms with Crippen molar-refractivity contribution in [2.45, 2.75) is 52.6 Å². The van der Waals surface area contributed by atoms with E-state index < -0.39 is 0 Å². The molecule has 0 radical (unpaired) electrons. The maximum Gasteiger partial charge on any atom is 0.0600 e. The van der Waals surface area contributed by atoms with Crippen LogP contribution in [0.1, 0.15) is 46.5 Å². The molecule has 0 aromatic carbocycles. The first kappa shape index (κ1) is 10.0. The Kier molecular flexibility index (Phi) is 4.07. The average Bonchev–Trinajstić information content (AvgIpc) is 2.03. The minimum absolute atomic E-state index is 0.557. The smallest absolute Gasteiger partial charge is 0.0600 e. The van der Waals surface area contributed by atoms with Crippen molar-refractivity contribution in [3.63, 3.8) is 0 Å². The first-order valence-corrected chi connectivity index (χ1v) is 5.35. The van der Waals surface area contributed by atoms with Crippen LogP contribution in [0.4, 0.5) is 0 Å².